The summed E-state index contributed by atoms with van der Waals surface area (Å²) in [6, 6.07) is 12.6. The number of nitrogens with one attached hydrogen (secondary N) is 2. The quantitative estimate of drug-likeness (QED) is 0.806. The standard InChI is InChI=1S/C20H22FN3O3S/c1-22-28(26,27)19-4-2-3-15(13-19)14-23-20(25)24-11-9-17(10-12-24)16-5-7-18(21)8-6-16/h2-9,13,22H,10-12,14H2,1H3,(H,23,25). The van der Waals surface area contributed by atoms with E-state index >= 15 is 0 Å². The molecule has 1 aliphatic rings. The predicted molar refractivity (Wildman–Crippen MR) is 105 cm³/mol. The van der Waals surface area contributed by atoms with E-state index < -0.39 is 10.0 Å². The summed E-state index contributed by atoms with van der Waals surface area (Å²) in [6.45, 7) is 1.26. The van der Waals surface area contributed by atoms with Crippen molar-refractivity contribution >= 4 is 21.6 Å². The van der Waals surface area contributed by atoms with Crippen molar-refractivity contribution in [1.82, 2.24) is 14.9 Å². The molecule has 0 aromatic heterocycles. The summed E-state index contributed by atoms with van der Waals surface area (Å²) in [5.74, 6) is -0.271. The molecule has 0 spiro atoms. The molecular weight excluding hydrogens is 381 g/mol. The van der Waals surface area contributed by atoms with Crippen LogP contribution in [-0.2, 0) is 16.6 Å². The molecule has 2 amide bonds. The number of carbonyl (C=O) groups is 1. The van der Waals surface area contributed by atoms with Crippen LogP contribution in [0.3, 0.4) is 0 Å². The first-order valence-electron chi connectivity index (χ1n) is 8.89. The van der Waals surface area contributed by atoms with Gasteiger partial charge in [-0.25, -0.2) is 22.3 Å². The molecule has 3 rings (SSSR count). The monoisotopic (exact) mass is 403 g/mol. The Labute approximate surface area is 164 Å². The van der Waals surface area contributed by atoms with Crippen LogP contribution in [0.5, 0.6) is 0 Å². The Bertz CT molecular complexity index is 988. The topological polar surface area (TPSA) is 78.5 Å². The number of halogens is 1. The molecule has 0 fully saturated rings. The zero-order valence-electron chi connectivity index (χ0n) is 15.5. The van der Waals surface area contributed by atoms with Crippen LogP contribution in [0.2, 0.25) is 0 Å². The summed E-state index contributed by atoms with van der Waals surface area (Å²) in [4.78, 5) is 14.2. The highest BCUT2D eigenvalue weighted by atomic mass is 32.2. The fraction of sp³-hybridized carbons (Fsp3) is 0.250. The zero-order chi connectivity index (χ0) is 20.1. The van der Waals surface area contributed by atoms with Gasteiger partial charge in [-0.15, -0.1) is 0 Å². The minimum absolute atomic E-state index is 0.159. The fourth-order valence-electron chi connectivity index (χ4n) is 3.01. The van der Waals surface area contributed by atoms with E-state index in [4.69, 9.17) is 0 Å². The first-order chi connectivity index (χ1) is 13.4. The van der Waals surface area contributed by atoms with Crippen LogP contribution in [0, 0.1) is 5.82 Å². The second kappa shape index (κ2) is 8.53. The molecule has 0 radical (unpaired) electrons. The van der Waals surface area contributed by atoms with Crippen molar-refractivity contribution < 1.29 is 17.6 Å². The summed E-state index contributed by atoms with van der Waals surface area (Å²) in [5, 5.41) is 2.82. The van der Waals surface area contributed by atoms with E-state index in [2.05, 4.69) is 10.0 Å². The molecule has 0 atom stereocenters. The van der Waals surface area contributed by atoms with E-state index in [9.17, 15) is 17.6 Å². The number of benzene rings is 2. The maximum absolute atomic E-state index is 13.0. The minimum Gasteiger partial charge on any atom is -0.334 e. The number of hydrogen-bond donors (Lipinski definition) is 2. The van der Waals surface area contributed by atoms with Crippen molar-refractivity contribution in [2.75, 3.05) is 20.1 Å². The highest BCUT2D eigenvalue weighted by molar-refractivity contribution is 7.89. The number of hydrogen-bond acceptors (Lipinski definition) is 3. The molecule has 6 nitrogen and oxygen atoms in total. The van der Waals surface area contributed by atoms with Crippen LogP contribution in [0.4, 0.5) is 9.18 Å². The average molecular weight is 403 g/mol. The highest BCUT2D eigenvalue weighted by Crippen LogP contribution is 2.22. The molecule has 148 valence electrons. The van der Waals surface area contributed by atoms with Crippen molar-refractivity contribution in [2.24, 2.45) is 0 Å². The molecule has 0 bridgehead atoms. The minimum atomic E-state index is -3.52. The lowest BCUT2D eigenvalue weighted by atomic mass is 10.00. The van der Waals surface area contributed by atoms with Crippen LogP contribution in [0.1, 0.15) is 17.5 Å². The highest BCUT2D eigenvalue weighted by Gasteiger charge is 2.18. The van der Waals surface area contributed by atoms with Crippen LogP contribution in [0.25, 0.3) is 5.57 Å². The summed E-state index contributed by atoms with van der Waals surface area (Å²) >= 11 is 0. The SMILES string of the molecule is CNS(=O)(=O)c1cccc(CNC(=O)N2CC=C(c3ccc(F)cc3)CC2)c1. The Morgan fingerprint density at radius 2 is 1.93 bits per heavy atom. The number of amides is 2. The number of carbonyl (C=O) groups excluding carboxylic acids is 1. The van der Waals surface area contributed by atoms with Crippen molar-refractivity contribution in [3.8, 4) is 0 Å². The molecule has 1 aliphatic heterocycles. The van der Waals surface area contributed by atoms with Gasteiger partial charge >= 0.3 is 6.03 Å². The summed E-state index contributed by atoms with van der Waals surface area (Å²) in [5.41, 5.74) is 2.75. The Morgan fingerprint density at radius 3 is 2.57 bits per heavy atom. The lowest BCUT2D eigenvalue weighted by Gasteiger charge is -2.27. The lowest BCUT2D eigenvalue weighted by molar-refractivity contribution is 0.202. The van der Waals surface area contributed by atoms with E-state index in [1.54, 1.807) is 29.2 Å². The third kappa shape index (κ3) is 4.76. The van der Waals surface area contributed by atoms with Gasteiger partial charge in [0.05, 0.1) is 4.90 Å². The normalized spacial score (nSPS) is 14.5. The van der Waals surface area contributed by atoms with Gasteiger partial charge in [-0.3, -0.25) is 0 Å². The second-order valence-electron chi connectivity index (χ2n) is 6.45. The van der Waals surface area contributed by atoms with Gasteiger partial charge < -0.3 is 10.2 Å². The number of urea groups is 1. The number of rotatable bonds is 5. The van der Waals surface area contributed by atoms with Gasteiger partial charge in [-0.2, -0.15) is 0 Å². The molecule has 2 N–H and O–H groups in total. The molecule has 2 aromatic carbocycles. The third-order valence-electron chi connectivity index (χ3n) is 4.63. The van der Waals surface area contributed by atoms with Crippen LogP contribution >= 0.6 is 0 Å². The first-order valence-corrected chi connectivity index (χ1v) is 10.4. The van der Waals surface area contributed by atoms with E-state index in [-0.39, 0.29) is 23.3 Å². The van der Waals surface area contributed by atoms with E-state index in [1.807, 2.05) is 6.08 Å². The maximum Gasteiger partial charge on any atom is 0.317 e. The van der Waals surface area contributed by atoms with Crippen LogP contribution < -0.4 is 10.0 Å². The third-order valence-corrected chi connectivity index (χ3v) is 6.04. The average Bonchev–Trinajstić information content (AvgIpc) is 2.73. The fourth-order valence-corrected chi connectivity index (χ4v) is 3.81. The Kier molecular flexibility index (Phi) is 6.11. The van der Waals surface area contributed by atoms with Gasteiger partial charge in [-0.05, 0) is 54.4 Å². The van der Waals surface area contributed by atoms with Crippen LogP contribution in [0.15, 0.2) is 59.5 Å². The predicted octanol–water partition coefficient (Wildman–Crippen LogP) is 2.73. The van der Waals surface area contributed by atoms with Crippen molar-refractivity contribution in [2.45, 2.75) is 17.9 Å². The Balaban J connectivity index is 1.58. The van der Waals surface area contributed by atoms with Gasteiger partial charge in [-0.1, -0.05) is 30.3 Å². The van der Waals surface area contributed by atoms with E-state index in [1.165, 1.54) is 31.3 Å². The first kappa shape index (κ1) is 20.0. The smallest absolute Gasteiger partial charge is 0.317 e. The Morgan fingerprint density at radius 1 is 1.18 bits per heavy atom. The molecule has 28 heavy (non-hydrogen) atoms. The van der Waals surface area contributed by atoms with Crippen LogP contribution in [-0.4, -0.2) is 39.5 Å². The van der Waals surface area contributed by atoms with Gasteiger partial charge in [0.15, 0.2) is 0 Å². The summed E-state index contributed by atoms with van der Waals surface area (Å²) in [6.07, 6.45) is 2.66. The van der Waals surface area contributed by atoms with Gasteiger partial charge in [0.1, 0.15) is 5.82 Å². The second-order valence-corrected chi connectivity index (χ2v) is 8.33. The van der Waals surface area contributed by atoms with Gasteiger partial charge in [0.2, 0.25) is 10.0 Å². The van der Waals surface area contributed by atoms with Crippen molar-refractivity contribution in [3.05, 3.63) is 71.6 Å². The molecule has 0 aliphatic carbocycles. The van der Waals surface area contributed by atoms with Gasteiger partial charge in [0, 0.05) is 19.6 Å². The molecular formula is C20H22FN3O3S. The molecule has 0 saturated heterocycles. The van der Waals surface area contributed by atoms with Crippen molar-refractivity contribution in [1.29, 1.82) is 0 Å². The van der Waals surface area contributed by atoms with E-state index in [0.29, 0.717) is 25.1 Å². The molecule has 1 heterocycles. The number of nitrogens with zero attached hydrogens (tertiary/aromatic N) is 1. The van der Waals surface area contributed by atoms with E-state index in [0.717, 1.165) is 11.1 Å². The zero-order valence-corrected chi connectivity index (χ0v) is 16.3. The molecule has 2 aromatic rings. The van der Waals surface area contributed by atoms with Gasteiger partial charge in [0.25, 0.3) is 0 Å². The Hall–Kier alpha value is -2.71. The lowest BCUT2D eigenvalue weighted by Crippen LogP contribution is -2.41. The summed E-state index contributed by atoms with van der Waals surface area (Å²) < 4.78 is 39.1. The number of sulfonamides is 1. The largest absolute Gasteiger partial charge is 0.334 e. The molecule has 0 saturated carbocycles. The molecule has 8 heteroatoms. The summed E-state index contributed by atoms with van der Waals surface area (Å²) in [7, 11) is -2.16. The maximum atomic E-state index is 13.0. The molecule has 0 unspecified atom stereocenters. The van der Waals surface area contributed by atoms with Crippen molar-refractivity contribution in [3.63, 3.8) is 0 Å².